The van der Waals surface area contributed by atoms with Crippen molar-refractivity contribution in [3.63, 3.8) is 0 Å². The van der Waals surface area contributed by atoms with Gasteiger partial charge in [0, 0.05) is 55.9 Å². The van der Waals surface area contributed by atoms with E-state index < -0.39 is 0 Å². The van der Waals surface area contributed by atoms with Gasteiger partial charge in [0.05, 0.1) is 37.1 Å². The van der Waals surface area contributed by atoms with E-state index in [-0.39, 0.29) is 0 Å². The maximum Gasteiger partial charge on any atom is 0.0750 e. The van der Waals surface area contributed by atoms with Crippen LogP contribution in [0.3, 0.4) is 0 Å². The molecular weight excluding hydrogens is 378 g/mol. The molecule has 6 nitrogen and oxygen atoms in total. The van der Waals surface area contributed by atoms with Crippen LogP contribution in [0.25, 0.3) is 0 Å². The van der Waals surface area contributed by atoms with E-state index in [9.17, 15) is 0 Å². The SMILES string of the molecule is CC(CC1O[C@@H]2C[C@H]1N(C(C)CC1O[C@H]3C[C@@H]1N(C(C)C)C3)C2)N1CC2CC1CO2. The molecule has 0 N–H and O–H groups in total. The van der Waals surface area contributed by atoms with Gasteiger partial charge in [0.25, 0.3) is 0 Å². The van der Waals surface area contributed by atoms with Gasteiger partial charge in [-0.15, -0.1) is 0 Å². The molecule has 10 atom stereocenters. The lowest BCUT2D eigenvalue weighted by atomic mass is 9.98. The van der Waals surface area contributed by atoms with E-state index in [2.05, 4.69) is 42.4 Å². The topological polar surface area (TPSA) is 37.4 Å². The summed E-state index contributed by atoms with van der Waals surface area (Å²) in [5.74, 6) is 0. The number of nitrogens with zero attached hydrogens (tertiary/aromatic N) is 3. The van der Waals surface area contributed by atoms with E-state index in [1.807, 2.05) is 0 Å². The number of hydrogen-bond donors (Lipinski definition) is 0. The number of rotatable bonds is 7. The average molecular weight is 420 g/mol. The summed E-state index contributed by atoms with van der Waals surface area (Å²) in [6.07, 6.45) is 8.27. The Morgan fingerprint density at radius 2 is 1.27 bits per heavy atom. The Hall–Kier alpha value is -0.240. The van der Waals surface area contributed by atoms with Crippen molar-refractivity contribution in [2.24, 2.45) is 0 Å². The molecule has 0 aliphatic carbocycles. The van der Waals surface area contributed by atoms with Crippen molar-refractivity contribution in [2.75, 3.05) is 26.2 Å². The van der Waals surface area contributed by atoms with Crippen molar-refractivity contribution < 1.29 is 14.2 Å². The molecule has 6 heterocycles. The lowest BCUT2D eigenvalue weighted by Crippen LogP contribution is -2.53. The molecule has 6 rings (SSSR count). The number of morpholine rings is 3. The second-order valence-electron chi connectivity index (χ2n) is 11.4. The van der Waals surface area contributed by atoms with Crippen molar-refractivity contribution >= 4 is 0 Å². The highest BCUT2D eigenvalue weighted by atomic mass is 16.5. The van der Waals surface area contributed by atoms with Crippen molar-refractivity contribution in [1.82, 2.24) is 14.7 Å². The standard InChI is InChI=1S/C24H41N3O3/c1-14(2)25-11-19-8-21(25)23(29-19)6-16(4)27-12-20-9-22(27)24(30-20)5-15(3)26-10-18-7-17(26)13-28-18/h14-24H,5-13H2,1-4H3/t15?,16?,17?,18?,19-,20+,21-,22+,23?,24?/m0/s1. The molecule has 30 heavy (non-hydrogen) atoms. The van der Waals surface area contributed by atoms with Crippen molar-refractivity contribution in [3.8, 4) is 0 Å². The first kappa shape index (κ1) is 20.4. The van der Waals surface area contributed by atoms with Gasteiger partial charge in [0.2, 0.25) is 0 Å². The number of hydrogen-bond acceptors (Lipinski definition) is 6. The molecule has 0 aromatic heterocycles. The van der Waals surface area contributed by atoms with Gasteiger partial charge in [-0.2, -0.15) is 0 Å². The normalized spacial score (nSPS) is 47.9. The predicted octanol–water partition coefficient (Wildman–Crippen LogP) is 2.11. The Morgan fingerprint density at radius 1 is 0.700 bits per heavy atom. The maximum absolute atomic E-state index is 6.48. The summed E-state index contributed by atoms with van der Waals surface area (Å²) in [5, 5.41) is 0. The van der Waals surface area contributed by atoms with E-state index in [1.54, 1.807) is 0 Å². The Balaban J connectivity index is 1.06. The zero-order chi connectivity index (χ0) is 20.6. The van der Waals surface area contributed by atoms with E-state index >= 15 is 0 Å². The molecule has 6 fully saturated rings. The van der Waals surface area contributed by atoms with Crippen LogP contribution in [0.15, 0.2) is 0 Å². The Morgan fingerprint density at radius 3 is 1.80 bits per heavy atom. The molecular formula is C24H41N3O3. The van der Waals surface area contributed by atoms with E-state index in [0.29, 0.717) is 66.8 Å². The highest BCUT2D eigenvalue weighted by Crippen LogP contribution is 2.41. The third kappa shape index (κ3) is 3.37. The highest BCUT2D eigenvalue weighted by molar-refractivity contribution is 5.04. The van der Waals surface area contributed by atoms with Crippen LogP contribution in [0.2, 0.25) is 0 Å². The Kier molecular flexibility index (Phi) is 5.21. The van der Waals surface area contributed by atoms with Gasteiger partial charge in [-0.05, 0) is 59.8 Å². The summed E-state index contributed by atoms with van der Waals surface area (Å²) in [6, 6.07) is 3.70. The predicted molar refractivity (Wildman–Crippen MR) is 116 cm³/mol. The van der Waals surface area contributed by atoms with Gasteiger partial charge in [0.1, 0.15) is 0 Å². The minimum absolute atomic E-state index is 0.398. The molecule has 6 aliphatic heterocycles. The number of likely N-dealkylation sites (tertiary alicyclic amines) is 3. The van der Waals surface area contributed by atoms with E-state index in [1.165, 1.54) is 32.1 Å². The average Bonchev–Trinajstić information content (AvgIpc) is 3.54. The minimum Gasteiger partial charge on any atom is -0.375 e. The molecule has 0 spiro atoms. The van der Waals surface area contributed by atoms with Crippen molar-refractivity contribution in [2.45, 2.75) is 127 Å². The molecule has 0 saturated carbocycles. The van der Waals surface area contributed by atoms with Crippen LogP contribution in [0.4, 0.5) is 0 Å². The summed E-state index contributed by atoms with van der Waals surface area (Å²) < 4.78 is 18.7. The molecule has 6 unspecified atom stereocenters. The zero-order valence-corrected chi connectivity index (χ0v) is 19.3. The molecule has 6 aliphatic rings. The van der Waals surface area contributed by atoms with Crippen LogP contribution in [-0.2, 0) is 14.2 Å². The maximum atomic E-state index is 6.48. The highest BCUT2D eigenvalue weighted by Gasteiger charge is 2.51. The third-order valence-electron chi connectivity index (χ3n) is 9.17. The monoisotopic (exact) mass is 419 g/mol. The molecule has 0 aromatic carbocycles. The second kappa shape index (κ2) is 7.67. The summed E-state index contributed by atoms with van der Waals surface area (Å²) >= 11 is 0. The van der Waals surface area contributed by atoms with Crippen LogP contribution < -0.4 is 0 Å². The van der Waals surface area contributed by atoms with Gasteiger partial charge in [-0.25, -0.2) is 0 Å². The van der Waals surface area contributed by atoms with Gasteiger partial charge in [-0.1, -0.05) is 0 Å². The van der Waals surface area contributed by atoms with Gasteiger partial charge >= 0.3 is 0 Å². The fourth-order valence-corrected chi connectivity index (χ4v) is 7.74. The Bertz CT molecular complexity index is 647. The molecule has 6 bridgehead atoms. The quantitative estimate of drug-likeness (QED) is 0.629. The molecule has 6 heteroatoms. The van der Waals surface area contributed by atoms with Crippen LogP contribution in [0, 0.1) is 0 Å². The summed E-state index contributed by atoms with van der Waals surface area (Å²) in [5.41, 5.74) is 0. The summed E-state index contributed by atoms with van der Waals surface area (Å²) in [6.45, 7) is 13.8. The first-order valence-corrected chi connectivity index (χ1v) is 12.7. The lowest BCUT2D eigenvalue weighted by Gasteiger charge is -2.42. The number of fused-ring (bicyclic) bond motifs is 6. The van der Waals surface area contributed by atoms with Crippen molar-refractivity contribution in [1.29, 1.82) is 0 Å². The first-order chi connectivity index (χ1) is 14.5. The zero-order valence-electron chi connectivity index (χ0n) is 19.3. The second-order valence-corrected chi connectivity index (χ2v) is 11.4. The minimum atomic E-state index is 0.398. The fourth-order valence-electron chi connectivity index (χ4n) is 7.74. The molecule has 0 amide bonds. The van der Waals surface area contributed by atoms with Gasteiger partial charge < -0.3 is 14.2 Å². The van der Waals surface area contributed by atoms with E-state index in [4.69, 9.17) is 14.2 Å². The molecule has 170 valence electrons. The largest absolute Gasteiger partial charge is 0.375 e. The summed E-state index contributed by atoms with van der Waals surface area (Å²) in [4.78, 5) is 8.16. The third-order valence-corrected chi connectivity index (χ3v) is 9.17. The lowest BCUT2D eigenvalue weighted by molar-refractivity contribution is -0.0828. The smallest absolute Gasteiger partial charge is 0.0750 e. The van der Waals surface area contributed by atoms with Crippen LogP contribution >= 0.6 is 0 Å². The Labute approximate surface area is 182 Å². The fraction of sp³-hybridized carbons (Fsp3) is 1.00. The van der Waals surface area contributed by atoms with Gasteiger partial charge in [-0.3, -0.25) is 14.7 Å². The van der Waals surface area contributed by atoms with Crippen LogP contribution in [-0.4, -0.2) is 108 Å². The van der Waals surface area contributed by atoms with Gasteiger partial charge in [0.15, 0.2) is 0 Å². The molecule has 6 saturated heterocycles. The first-order valence-electron chi connectivity index (χ1n) is 12.7. The number of ether oxygens (including phenoxy) is 3. The molecule has 0 aromatic rings. The van der Waals surface area contributed by atoms with Crippen LogP contribution in [0.5, 0.6) is 0 Å². The molecule has 0 radical (unpaired) electrons. The van der Waals surface area contributed by atoms with Crippen molar-refractivity contribution in [3.05, 3.63) is 0 Å². The van der Waals surface area contributed by atoms with Crippen LogP contribution in [0.1, 0.15) is 59.8 Å². The van der Waals surface area contributed by atoms with E-state index in [0.717, 1.165) is 26.2 Å². The summed E-state index contributed by atoms with van der Waals surface area (Å²) in [7, 11) is 0.